The fourth-order valence-corrected chi connectivity index (χ4v) is 2.85. The van der Waals surface area contributed by atoms with Crippen molar-refractivity contribution in [3.63, 3.8) is 0 Å². The first-order chi connectivity index (χ1) is 14.5. The van der Waals surface area contributed by atoms with Gasteiger partial charge < -0.3 is 10.3 Å². The quantitative estimate of drug-likeness (QED) is 0.299. The van der Waals surface area contributed by atoms with E-state index in [0.717, 1.165) is 0 Å². The third-order valence-corrected chi connectivity index (χ3v) is 4.29. The van der Waals surface area contributed by atoms with E-state index in [2.05, 4.69) is 20.4 Å². The van der Waals surface area contributed by atoms with Crippen molar-refractivity contribution in [2.24, 2.45) is 0 Å². The minimum Gasteiger partial charge on any atom is -0.321 e. The van der Waals surface area contributed by atoms with E-state index in [1.807, 2.05) is 0 Å². The second-order valence-corrected chi connectivity index (χ2v) is 6.21. The normalized spacial score (nSPS) is 11.1. The van der Waals surface area contributed by atoms with Gasteiger partial charge in [-0.2, -0.15) is 5.10 Å². The molecule has 0 saturated heterocycles. The minimum absolute atomic E-state index is 0.0237. The third kappa shape index (κ3) is 3.69. The molecule has 30 heavy (non-hydrogen) atoms. The fraction of sp³-hybridized carbons (Fsp3) is 0. The summed E-state index contributed by atoms with van der Waals surface area (Å²) in [5, 5.41) is 18.0. The molecular weight excluding hydrogens is 388 g/mol. The molecule has 10 nitrogen and oxygen atoms in total. The molecule has 2 aromatic heterocycles. The number of H-pyrrole nitrogens is 1. The maximum Gasteiger partial charge on any atom is 0.269 e. The molecule has 2 N–H and O–H groups in total. The number of nitrogens with zero attached hydrogens (tertiary/aromatic N) is 4. The van der Waals surface area contributed by atoms with Gasteiger partial charge in [-0.3, -0.25) is 19.7 Å². The summed E-state index contributed by atoms with van der Waals surface area (Å²) in [7, 11) is 0. The third-order valence-electron chi connectivity index (χ3n) is 4.29. The largest absolute Gasteiger partial charge is 0.321 e. The lowest BCUT2D eigenvalue weighted by molar-refractivity contribution is -0.384. The number of benzene rings is 2. The van der Waals surface area contributed by atoms with Crippen molar-refractivity contribution in [2.45, 2.75) is 0 Å². The monoisotopic (exact) mass is 402 g/mol. The van der Waals surface area contributed by atoms with Crippen LogP contribution in [0.15, 0.2) is 71.9 Å². The Morgan fingerprint density at radius 3 is 2.70 bits per heavy atom. The van der Waals surface area contributed by atoms with Gasteiger partial charge in [0, 0.05) is 18.2 Å². The summed E-state index contributed by atoms with van der Waals surface area (Å²) in [5.74, 6) is -0.400. The smallest absolute Gasteiger partial charge is 0.269 e. The molecular formula is C20H14N6O4. The van der Waals surface area contributed by atoms with Crippen molar-refractivity contribution < 1.29 is 9.72 Å². The highest BCUT2D eigenvalue weighted by Crippen LogP contribution is 2.22. The molecule has 4 rings (SSSR count). The Kier molecular flexibility index (Phi) is 4.87. The van der Waals surface area contributed by atoms with Gasteiger partial charge in [0.05, 0.1) is 28.8 Å². The highest BCUT2D eigenvalue weighted by molar-refractivity contribution is 6.03. The standard InChI is InChI=1S/C20H14N6O4/c27-18(10-7-13-5-8-14(9-6-13)26(29)30)24-16-3-1-2-4-17(16)25-19-15(11-23-25)20(28)22-12-21-19/h1-12H,(H,24,27)(H,21,22,28)/b10-7+. The van der Waals surface area contributed by atoms with Gasteiger partial charge >= 0.3 is 0 Å². The molecule has 0 aliphatic carbocycles. The first-order valence-electron chi connectivity index (χ1n) is 8.77. The summed E-state index contributed by atoms with van der Waals surface area (Å²) < 4.78 is 1.47. The van der Waals surface area contributed by atoms with Crippen molar-refractivity contribution in [1.29, 1.82) is 0 Å². The van der Waals surface area contributed by atoms with Gasteiger partial charge in [-0.1, -0.05) is 12.1 Å². The molecule has 0 aliphatic rings. The number of fused-ring (bicyclic) bond motifs is 1. The van der Waals surface area contributed by atoms with Crippen molar-refractivity contribution in [3.8, 4) is 5.69 Å². The first-order valence-corrected chi connectivity index (χ1v) is 8.77. The summed E-state index contributed by atoms with van der Waals surface area (Å²) in [6.45, 7) is 0. The van der Waals surface area contributed by atoms with Gasteiger partial charge in [-0.05, 0) is 35.9 Å². The fourth-order valence-electron chi connectivity index (χ4n) is 2.85. The number of nitro groups is 1. The molecule has 2 aromatic carbocycles. The van der Waals surface area contributed by atoms with Gasteiger partial charge in [0.25, 0.3) is 11.2 Å². The number of aromatic amines is 1. The van der Waals surface area contributed by atoms with E-state index in [0.29, 0.717) is 28.0 Å². The molecule has 1 amide bonds. The topological polar surface area (TPSA) is 136 Å². The highest BCUT2D eigenvalue weighted by atomic mass is 16.6. The number of non-ortho nitro benzene ring substituents is 1. The lowest BCUT2D eigenvalue weighted by atomic mass is 10.2. The summed E-state index contributed by atoms with van der Waals surface area (Å²) in [6, 6.07) is 12.8. The molecule has 10 heteroatoms. The Bertz CT molecular complexity index is 1340. The Balaban J connectivity index is 1.58. The molecule has 4 aromatic rings. The summed E-state index contributed by atoms with van der Waals surface area (Å²) in [4.78, 5) is 41.2. The number of anilines is 1. The Morgan fingerprint density at radius 1 is 1.17 bits per heavy atom. The zero-order valence-electron chi connectivity index (χ0n) is 15.4. The van der Waals surface area contributed by atoms with E-state index in [1.54, 1.807) is 42.5 Å². The molecule has 0 fully saturated rings. The molecule has 0 spiro atoms. The lowest BCUT2D eigenvalue weighted by Crippen LogP contribution is -2.12. The predicted octanol–water partition coefficient (Wildman–Crippen LogP) is 2.67. The van der Waals surface area contributed by atoms with E-state index in [9.17, 15) is 19.7 Å². The number of hydrogen-bond donors (Lipinski definition) is 2. The van der Waals surface area contributed by atoms with Crippen LogP contribution in [0.3, 0.4) is 0 Å². The van der Waals surface area contributed by atoms with Gasteiger partial charge in [0.2, 0.25) is 5.91 Å². The van der Waals surface area contributed by atoms with Crippen molar-refractivity contribution in [3.05, 3.63) is 93.2 Å². The Hall–Kier alpha value is -4.60. The van der Waals surface area contributed by atoms with Crippen LogP contribution in [0.2, 0.25) is 0 Å². The van der Waals surface area contributed by atoms with Crippen molar-refractivity contribution in [2.75, 3.05) is 5.32 Å². The SMILES string of the molecule is O=C(/C=C/c1ccc([N+](=O)[O-])cc1)Nc1ccccc1-n1ncc2c(=O)[nH]cnc21. The zero-order valence-corrected chi connectivity index (χ0v) is 15.4. The number of carbonyl (C=O) groups is 1. The van der Waals surface area contributed by atoms with Gasteiger partial charge in [-0.25, -0.2) is 9.67 Å². The highest BCUT2D eigenvalue weighted by Gasteiger charge is 2.13. The van der Waals surface area contributed by atoms with Crippen LogP contribution in [0.4, 0.5) is 11.4 Å². The average molecular weight is 402 g/mol. The van der Waals surface area contributed by atoms with E-state index in [4.69, 9.17) is 0 Å². The second-order valence-electron chi connectivity index (χ2n) is 6.21. The predicted molar refractivity (Wildman–Crippen MR) is 110 cm³/mol. The molecule has 148 valence electrons. The molecule has 0 unspecified atom stereocenters. The van der Waals surface area contributed by atoms with E-state index < -0.39 is 10.8 Å². The summed E-state index contributed by atoms with van der Waals surface area (Å²) in [6.07, 6.45) is 5.57. The number of para-hydroxylation sites is 2. The Labute approximate surface area is 168 Å². The molecule has 0 saturated carbocycles. The molecule has 2 heterocycles. The summed E-state index contributed by atoms with van der Waals surface area (Å²) >= 11 is 0. The van der Waals surface area contributed by atoms with Gasteiger partial charge in [0.15, 0.2) is 5.65 Å². The molecule has 0 bridgehead atoms. The van der Waals surface area contributed by atoms with Gasteiger partial charge in [-0.15, -0.1) is 0 Å². The van der Waals surface area contributed by atoms with Crippen LogP contribution in [0.5, 0.6) is 0 Å². The molecule has 0 radical (unpaired) electrons. The zero-order chi connectivity index (χ0) is 21.1. The maximum absolute atomic E-state index is 12.4. The van der Waals surface area contributed by atoms with Crippen LogP contribution in [0.25, 0.3) is 22.8 Å². The second kappa shape index (κ2) is 7.80. The van der Waals surface area contributed by atoms with E-state index >= 15 is 0 Å². The van der Waals surface area contributed by atoms with E-state index in [-0.39, 0.29) is 11.2 Å². The van der Waals surface area contributed by atoms with Crippen LogP contribution in [0, 0.1) is 10.1 Å². The number of nitro benzene ring substituents is 1. The van der Waals surface area contributed by atoms with Crippen molar-refractivity contribution in [1.82, 2.24) is 19.7 Å². The number of nitrogens with one attached hydrogen (secondary N) is 2. The number of aromatic nitrogens is 4. The van der Waals surface area contributed by atoms with Crippen LogP contribution < -0.4 is 10.9 Å². The lowest BCUT2D eigenvalue weighted by Gasteiger charge is -2.10. The number of rotatable bonds is 5. The maximum atomic E-state index is 12.4. The van der Waals surface area contributed by atoms with Crippen LogP contribution in [0.1, 0.15) is 5.56 Å². The summed E-state index contributed by atoms with van der Waals surface area (Å²) in [5.41, 5.74) is 1.70. The minimum atomic E-state index is -0.487. The van der Waals surface area contributed by atoms with E-state index in [1.165, 1.54) is 35.4 Å². The number of hydrogen-bond acceptors (Lipinski definition) is 6. The van der Waals surface area contributed by atoms with Crippen LogP contribution in [-0.2, 0) is 4.79 Å². The number of carbonyl (C=O) groups excluding carboxylic acids is 1. The van der Waals surface area contributed by atoms with Crippen LogP contribution in [-0.4, -0.2) is 30.6 Å². The molecule has 0 atom stereocenters. The van der Waals surface area contributed by atoms with Crippen LogP contribution >= 0.6 is 0 Å². The number of amides is 1. The van der Waals surface area contributed by atoms with Crippen molar-refractivity contribution >= 4 is 34.4 Å². The Morgan fingerprint density at radius 2 is 1.93 bits per heavy atom. The average Bonchev–Trinajstić information content (AvgIpc) is 3.18. The molecule has 0 aliphatic heterocycles. The first kappa shape index (κ1) is 18.7. The van der Waals surface area contributed by atoms with Gasteiger partial charge in [0.1, 0.15) is 5.39 Å².